The maximum absolute atomic E-state index is 12.2. The lowest BCUT2D eigenvalue weighted by Gasteiger charge is -2.06. The third kappa shape index (κ3) is 3.66. The molecule has 0 radical (unpaired) electrons. The lowest BCUT2D eigenvalue weighted by molar-refractivity contribution is -0.116. The summed E-state index contributed by atoms with van der Waals surface area (Å²) in [5.41, 5.74) is 0.974. The van der Waals surface area contributed by atoms with Crippen molar-refractivity contribution in [2.45, 2.75) is 6.54 Å². The lowest BCUT2D eigenvalue weighted by Crippen LogP contribution is -2.20. The van der Waals surface area contributed by atoms with Gasteiger partial charge in [0.15, 0.2) is 0 Å². The van der Waals surface area contributed by atoms with Crippen LogP contribution in [0, 0.1) is 4.77 Å². The van der Waals surface area contributed by atoms with Crippen molar-refractivity contribution >= 4 is 29.8 Å². The zero-order valence-electron chi connectivity index (χ0n) is 13.3. The average molecular weight is 357 g/mol. The molecule has 0 fully saturated rings. The number of aromatic nitrogens is 4. The van der Waals surface area contributed by atoms with Crippen molar-refractivity contribution in [1.29, 1.82) is 0 Å². The van der Waals surface area contributed by atoms with Gasteiger partial charge in [-0.25, -0.2) is 14.2 Å². The maximum Gasteiger partial charge on any atom is 0.337 e. The molecule has 1 N–H and O–H groups in total. The van der Waals surface area contributed by atoms with Crippen molar-refractivity contribution in [3.63, 3.8) is 0 Å². The number of benzene rings is 1. The van der Waals surface area contributed by atoms with Gasteiger partial charge in [0.05, 0.1) is 12.7 Å². The Bertz CT molecular complexity index is 941. The third-order valence-electron chi connectivity index (χ3n) is 3.44. The highest BCUT2D eigenvalue weighted by molar-refractivity contribution is 7.71. The quantitative estimate of drug-likeness (QED) is 0.557. The SMILES string of the molecule is COC(=O)c1ccc(NC(=O)Cn2ncn(-n3cccc3)c2=S)cc1. The maximum atomic E-state index is 12.2. The zero-order valence-corrected chi connectivity index (χ0v) is 14.1. The molecule has 3 aromatic rings. The third-order valence-corrected chi connectivity index (χ3v) is 3.84. The van der Waals surface area contributed by atoms with Crippen LogP contribution in [0.25, 0.3) is 0 Å². The van der Waals surface area contributed by atoms with Crippen LogP contribution in [-0.4, -0.2) is 38.1 Å². The van der Waals surface area contributed by atoms with Crippen LogP contribution in [0.1, 0.15) is 10.4 Å². The molecule has 0 atom stereocenters. The van der Waals surface area contributed by atoms with Gasteiger partial charge in [0.25, 0.3) is 0 Å². The van der Waals surface area contributed by atoms with E-state index in [4.69, 9.17) is 12.2 Å². The van der Waals surface area contributed by atoms with Crippen LogP contribution >= 0.6 is 12.2 Å². The van der Waals surface area contributed by atoms with Crippen molar-refractivity contribution < 1.29 is 14.3 Å². The van der Waals surface area contributed by atoms with Crippen molar-refractivity contribution in [3.8, 4) is 0 Å². The number of carbonyl (C=O) groups is 2. The van der Waals surface area contributed by atoms with Gasteiger partial charge in [0.2, 0.25) is 10.7 Å². The van der Waals surface area contributed by atoms with Crippen molar-refractivity contribution in [2.24, 2.45) is 0 Å². The molecule has 0 saturated carbocycles. The fraction of sp³-hybridized carbons (Fsp3) is 0.125. The van der Waals surface area contributed by atoms with E-state index in [-0.39, 0.29) is 12.5 Å². The van der Waals surface area contributed by atoms with Gasteiger partial charge in [-0.1, -0.05) is 0 Å². The average Bonchev–Trinajstić information content (AvgIpc) is 3.25. The van der Waals surface area contributed by atoms with Gasteiger partial charge in [-0.3, -0.25) is 9.47 Å². The van der Waals surface area contributed by atoms with Crippen LogP contribution in [0.4, 0.5) is 5.69 Å². The number of amides is 1. The molecule has 1 amide bonds. The summed E-state index contributed by atoms with van der Waals surface area (Å²) in [6, 6.07) is 10.1. The van der Waals surface area contributed by atoms with E-state index in [0.717, 1.165) is 0 Å². The van der Waals surface area contributed by atoms with Crippen molar-refractivity contribution in [2.75, 3.05) is 12.4 Å². The molecule has 0 aliphatic heterocycles. The molecule has 1 aromatic carbocycles. The largest absolute Gasteiger partial charge is 0.465 e. The van der Waals surface area contributed by atoms with Crippen LogP contribution in [0.2, 0.25) is 0 Å². The minimum absolute atomic E-state index is 0.0220. The summed E-state index contributed by atoms with van der Waals surface area (Å²) >= 11 is 5.33. The van der Waals surface area contributed by atoms with E-state index >= 15 is 0 Å². The Morgan fingerprint density at radius 3 is 2.52 bits per heavy atom. The zero-order chi connectivity index (χ0) is 17.8. The van der Waals surface area contributed by atoms with E-state index in [2.05, 4.69) is 15.2 Å². The molecule has 0 saturated heterocycles. The highest BCUT2D eigenvalue weighted by Crippen LogP contribution is 2.10. The molecular formula is C16H15N5O3S. The Labute approximate surface area is 148 Å². The molecule has 0 unspecified atom stereocenters. The van der Waals surface area contributed by atoms with Crippen LogP contribution in [0.5, 0.6) is 0 Å². The smallest absolute Gasteiger partial charge is 0.337 e. The Balaban J connectivity index is 1.67. The molecule has 2 aromatic heterocycles. The normalized spacial score (nSPS) is 10.4. The van der Waals surface area contributed by atoms with Crippen molar-refractivity contribution in [1.82, 2.24) is 19.1 Å². The first-order valence-electron chi connectivity index (χ1n) is 7.35. The van der Waals surface area contributed by atoms with Crippen LogP contribution in [0.15, 0.2) is 55.1 Å². The minimum atomic E-state index is -0.431. The molecule has 3 rings (SSSR count). The number of carbonyl (C=O) groups excluding carboxylic acids is 2. The number of hydrogen-bond acceptors (Lipinski definition) is 5. The van der Waals surface area contributed by atoms with Crippen LogP contribution < -0.4 is 5.32 Å². The summed E-state index contributed by atoms with van der Waals surface area (Å²) in [4.78, 5) is 23.6. The molecule has 0 aliphatic rings. The van der Waals surface area contributed by atoms with Crippen LogP contribution in [0.3, 0.4) is 0 Å². The van der Waals surface area contributed by atoms with Crippen LogP contribution in [-0.2, 0) is 16.1 Å². The summed E-state index contributed by atoms with van der Waals surface area (Å²) in [5.74, 6) is -0.709. The van der Waals surface area contributed by atoms with E-state index in [1.54, 1.807) is 39.9 Å². The predicted molar refractivity (Wildman–Crippen MR) is 92.7 cm³/mol. The number of anilines is 1. The fourth-order valence-corrected chi connectivity index (χ4v) is 2.46. The number of hydrogen-bond donors (Lipinski definition) is 1. The Morgan fingerprint density at radius 2 is 1.88 bits per heavy atom. The standard InChI is InChI=1S/C16H15N5O3S/c1-24-15(23)12-4-6-13(7-5-12)18-14(22)10-20-16(25)21(11-17-20)19-8-2-3-9-19/h2-9,11H,10H2,1H3,(H,18,22). The van der Waals surface area contributed by atoms with Gasteiger partial charge >= 0.3 is 5.97 Å². The Kier molecular flexibility index (Phi) is 4.75. The number of esters is 1. The van der Waals surface area contributed by atoms with E-state index in [1.165, 1.54) is 11.8 Å². The van der Waals surface area contributed by atoms with Gasteiger partial charge in [-0.15, -0.1) is 0 Å². The number of rotatable bonds is 5. The first-order chi connectivity index (χ1) is 12.1. The molecule has 0 bridgehead atoms. The highest BCUT2D eigenvalue weighted by atomic mass is 32.1. The fourth-order valence-electron chi connectivity index (χ4n) is 2.21. The second-order valence-electron chi connectivity index (χ2n) is 5.10. The first-order valence-corrected chi connectivity index (χ1v) is 7.75. The molecule has 8 nitrogen and oxygen atoms in total. The minimum Gasteiger partial charge on any atom is -0.465 e. The number of methoxy groups -OCH3 is 1. The second-order valence-corrected chi connectivity index (χ2v) is 5.46. The molecule has 2 heterocycles. The number of nitrogens with one attached hydrogen (secondary N) is 1. The van der Waals surface area contributed by atoms with Gasteiger partial charge in [-0.2, -0.15) is 5.10 Å². The number of ether oxygens (including phenoxy) is 1. The van der Waals surface area contributed by atoms with Gasteiger partial charge in [0, 0.05) is 18.1 Å². The highest BCUT2D eigenvalue weighted by Gasteiger charge is 2.09. The van der Waals surface area contributed by atoms with Gasteiger partial charge < -0.3 is 10.1 Å². The first kappa shape index (κ1) is 16.7. The monoisotopic (exact) mass is 357 g/mol. The van der Waals surface area contributed by atoms with E-state index < -0.39 is 5.97 Å². The summed E-state index contributed by atoms with van der Waals surface area (Å²) in [7, 11) is 1.31. The summed E-state index contributed by atoms with van der Waals surface area (Å²) in [6.45, 7) is -0.0220. The predicted octanol–water partition coefficient (Wildman–Crippen LogP) is 1.95. The summed E-state index contributed by atoms with van der Waals surface area (Å²) < 4.78 is 9.85. The second kappa shape index (κ2) is 7.14. The topological polar surface area (TPSA) is 83.1 Å². The summed E-state index contributed by atoms with van der Waals surface area (Å²) in [5, 5.41) is 6.87. The Morgan fingerprint density at radius 1 is 1.20 bits per heavy atom. The molecule has 25 heavy (non-hydrogen) atoms. The van der Waals surface area contributed by atoms with Gasteiger partial charge in [-0.05, 0) is 48.6 Å². The van der Waals surface area contributed by atoms with E-state index in [9.17, 15) is 9.59 Å². The lowest BCUT2D eigenvalue weighted by atomic mass is 10.2. The van der Waals surface area contributed by atoms with Gasteiger partial charge in [0.1, 0.15) is 12.9 Å². The van der Waals surface area contributed by atoms with E-state index in [0.29, 0.717) is 16.0 Å². The summed E-state index contributed by atoms with van der Waals surface area (Å²) in [6.07, 6.45) is 5.19. The molecule has 128 valence electrons. The molecule has 9 heteroatoms. The molecule has 0 spiro atoms. The number of nitrogens with zero attached hydrogens (tertiary/aromatic N) is 4. The van der Waals surface area contributed by atoms with Crippen molar-refractivity contribution in [3.05, 3.63) is 65.5 Å². The molecular weight excluding hydrogens is 342 g/mol. The van der Waals surface area contributed by atoms with E-state index in [1.807, 2.05) is 24.5 Å². The molecule has 0 aliphatic carbocycles. The Hall–Kier alpha value is -3.20.